The highest BCUT2D eigenvalue weighted by Gasteiger charge is 2.24. The molecule has 142 valence electrons. The van der Waals surface area contributed by atoms with Crippen LogP contribution in [-0.4, -0.2) is 36.9 Å². The Hall–Kier alpha value is -2.73. The van der Waals surface area contributed by atoms with Gasteiger partial charge < -0.3 is 19.4 Å². The number of ether oxygens (including phenoxy) is 1. The minimum absolute atomic E-state index is 0.621. The number of furan rings is 1. The summed E-state index contributed by atoms with van der Waals surface area (Å²) in [5, 5.41) is 10.8. The van der Waals surface area contributed by atoms with E-state index < -0.39 is 0 Å². The third kappa shape index (κ3) is 3.85. The van der Waals surface area contributed by atoms with Crippen LogP contribution in [0.2, 0.25) is 0 Å². The first kappa shape index (κ1) is 17.7. The topological polar surface area (TPSA) is 66.3 Å². The number of para-hydroxylation sites is 2. The van der Waals surface area contributed by atoms with Crippen LogP contribution in [0, 0.1) is 12.8 Å². The maximum Gasteiger partial charge on any atom is 0.152 e. The predicted octanol–water partition coefficient (Wildman–Crippen LogP) is 3.60. The molecule has 3 aromatic rings. The number of benzene rings is 1. The molecule has 1 aliphatic heterocycles. The lowest BCUT2D eigenvalue weighted by Crippen LogP contribution is -2.26. The van der Waals surface area contributed by atoms with E-state index in [-0.39, 0.29) is 0 Å². The number of hydrogen-bond acceptors (Lipinski definition) is 5. The molecule has 1 saturated heterocycles. The molecule has 1 aromatic carbocycles. The quantitative estimate of drug-likeness (QED) is 0.669. The number of hydrogen-bond donors (Lipinski definition) is 2. The molecule has 0 radical (unpaired) electrons. The summed E-state index contributed by atoms with van der Waals surface area (Å²) < 4.78 is 11.2. The van der Waals surface area contributed by atoms with Gasteiger partial charge in [0.05, 0.1) is 19.0 Å². The lowest BCUT2D eigenvalue weighted by atomic mass is 10.1. The summed E-state index contributed by atoms with van der Waals surface area (Å²) in [6.07, 6.45) is 3.05. The minimum Gasteiger partial charge on any atom is -0.495 e. The summed E-state index contributed by atoms with van der Waals surface area (Å²) in [6.45, 7) is 5.81. The molecule has 4 rings (SSSR count). The van der Waals surface area contributed by atoms with Crippen molar-refractivity contribution in [2.24, 2.45) is 5.92 Å². The largest absolute Gasteiger partial charge is 0.495 e. The van der Waals surface area contributed by atoms with Gasteiger partial charge in [-0.25, -0.2) is 0 Å². The second kappa shape index (κ2) is 7.88. The Kier molecular flexibility index (Phi) is 5.16. The van der Waals surface area contributed by atoms with E-state index in [1.165, 1.54) is 12.1 Å². The molecule has 6 nitrogen and oxygen atoms in total. The van der Waals surface area contributed by atoms with Crippen LogP contribution in [0.1, 0.15) is 17.7 Å². The maximum absolute atomic E-state index is 5.72. The second-order valence-electron chi connectivity index (χ2n) is 7.08. The lowest BCUT2D eigenvalue weighted by Gasteiger charge is -2.21. The number of nitrogens with one attached hydrogen (secondary N) is 2. The van der Waals surface area contributed by atoms with Crippen molar-refractivity contribution < 1.29 is 9.15 Å². The molecule has 0 saturated carbocycles. The highest BCUT2D eigenvalue weighted by atomic mass is 16.5. The van der Waals surface area contributed by atoms with E-state index in [0.29, 0.717) is 5.92 Å². The summed E-state index contributed by atoms with van der Waals surface area (Å²) in [5.41, 5.74) is 3.27. The fourth-order valence-corrected chi connectivity index (χ4v) is 3.75. The van der Waals surface area contributed by atoms with Crippen LogP contribution < -0.4 is 15.0 Å². The van der Waals surface area contributed by atoms with Gasteiger partial charge in [-0.2, -0.15) is 5.10 Å². The summed E-state index contributed by atoms with van der Waals surface area (Å²) in [4.78, 5) is 2.42. The number of aromatic nitrogens is 2. The van der Waals surface area contributed by atoms with Gasteiger partial charge in [0.15, 0.2) is 5.76 Å². The van der Waals surface area contributed by atoms with Gasteiger partial charge in [0.1, 0.15) is 17.2 Å². The van der Waals surface area contributed by atoms with Gasteiger partial charge >= 0.3 is 0 Å². The standard InChI is InChI=1S/C21H26N4O2/c1-15-7-8-20(27-15)21-17(13-23-24-21)12-22-11-16-9-10-25(14-16)18-5-3-4-6-19(18)26-2/h3-8,13,16,22H,9-12,14H2,1-2H3,(H,23,24). The van der Waals surface area contributed by atoms with E-state index in [9.17, 15) is 0 Å². The van der Waals surface area contributed by atoms with Crippen LogP contribution >= 0.6 is 0 Å². The van der Waals surface area contributed by atoms with Crippen molar-refractivity contribution in [3.8, 4) is 17.2 Å². The molecule has 1 aliphatic rings. The highest BCUT2D eigenvalue weighted by molar-refractivity contribution is 5.59. The zero-order valence-corrected chi connectivity index (χ0v) is 15.9. The molecule has 0 bridgehead atoms. The highest BCUT2D eigenvalue weighted by Crippen LogP contribution is 2.31. The van der Waals surface area contributed by atoms with Crippen LogP contribution in [0.3, 0.4) is 0 Å². The minimum atomic E-state index is 0.621. The average Bonchev–Trinajstić information content (AvgIpc) is 3.42. The van der Waals surface area contributed by atoms with E-state index in [0.717, 1.165) is 54.7 Å². The molecular formula is C21H26N4O2. The fourth-order valence-electron chi connectivity index (χ4n) is 3.75. The molecule has 1 fully saturated rings. The van der Waals surface area contributed by atoms with E-state index in [1.54, 1.807) is 7.11 Å². The monoisotopic (exact) mass is 366 g/mol. The molecule has 1 atom stereocenters. The molecular weight excluding hydrogens is 340 g/mol. The van der Waals surface area contributed by atoms with Gasteiger partial charge in [0.2, 0.25) is 0 Å². The first-order chi connectivity index (χ1) is 13.2. The van der Waals surface area contributed by atoms with E-state index in [4.69, 9.17) is 9.15 Å². The van der Waals surface area contributed by atoms with E-state index >= 15 is 0 Å². The molecule has 2 aromatic heterocycles. The van der Waals surface area contributed by atoms with Crippen molar-refractivity contribution in [1.82, 2.24) is 15.5 Å². The third-order valence-electron chi connectivity index (χ3n) is 5.16. The van der Waals surface area contributed by atoms with Crippen LogP contribution in [0.15, 0.2) is 47.0 Å². The Balaban J connectivity index is 1.32. The van der Waals surface area contributed by atoms with Crippen molar-refractivity contribution in [2.75, 3.05) is 31.6 Å². The second-order valence-corrected chi connectivity index (χ2v) is 7.08. The van der Waals surface area contributed by atoms with Gasteiger partial charge in [0.25, 0.3) is 0 Å². The zero-order chi connectivity index (χ0) is 18.6. The molecule has 3 heterocycles. The first-order valence-corrected chi connectivity index (χ1v) is 9.42. The number of H-pyrrole nitrogens is 1. The van der Waals surface area contributed by atoms with Crippen LogP contribution in [0.5, 0.6) is 5.75 Å². The Morgan fingerprint density at radius 3 is 3.00 bits per heavy atom. The SMILES string of the molecule is COc1ccccc1N1CCC(CNCc2cn[nH]c2-c2ccc(C)o2)C1. The van der Waals surface area contributed by atoms with E-state index in [2.05, 4.69) is 32.5 Å². The van der Waals surface area contributed by atoms with Gasteiger partial charge in [-0.1, -0.05) is 12.1 Å². The summed E-state index contributed by atoms with van der Waals surface area (Å²) in [7, 11) is 1.73. The number of methoxy groups -OCH3 is 1. The fraction of sp³-hybridized carbons (Fsp3) is 0.381. The van der Waals surface area contributed by atoms with Crippen LogP contribution in [0.25, 0.3) is 11.5 Å². The average molecular weight is 366 g/mol. The molecule has 1 unspecified atom stereocenters. The van der Waals surface area contributed by atoms with Crippen molar-refractivity contribution in [1.29, 1.82) is 0 Å². The molecule has 0 aliphatic carbocycles. The summed E-state index contributed by atoms with van der Waals surface area (Å²) in [6, 6.07) is 12.2. The van der Waals surface area contributed by atoms with Crippen molar-refractivity contribution in [3.05, 3.63) is 53.9 Å². The van der Waals surface area contributed by atoms with Gasteiger partial charge in [-0.3, -0.25) is 5.10 Å². The van der Waals surface area contributed by atoms with Crippen molar-refractivity contribution >= 4 is 5.69 Å². The molecule has 0 amide bonds. The first-order valence-electron chi connectivity index (χ1n) is 9.42. The number of aromatic amines is 1. The van der Waals surface area contributed by atoms with Crippen LogP contribution in [0.4, 0.5) is 5.69 Å². The number of aryl methyl sites for hydroxylation is 1. The normalized spacial score (nSPS) is 16.8. The maximum atomic E-state index is 5.72. The molecule has 27 heavy (non-hydrogen) atoms. The Bertz CT molecular complexity index is 886. The Morgan fingerprint density at radius 1 is 1.30 bits per heavy atom. The van der Waals surface area contributed by atoms with Gasteiger partial charge in [-0.15, -0.1) is 0 Å². The smallest absolute Gasteiger partial charge is 0.152 e. The molecule has 2 N–H and O–H groups in total. The number of rotatable bonds is 7. The Labute approximate surface area is 159 Å². The lowest BCUT2D eigenvalue weighted by molar-refractivity contribution is 0.414. The van der Waals surface area contributed by atoms with Crippen molar-refractivity contribution in [2.45, 2.75) is 19.9 Å². The van der Waals surface area contributed by atoms with Gasteiger partial charge in [0, 0.05) is 31.7 Å². The molecule has 6 heteroatoms. The summed E-state index contributed by atoms with van der Waals surface area (Å²) in [5.74, 6) is 3.31. The number of nitrogens with zero attached hydrogens (tertiary/aromatic N) is 2. The zero-order valence-electron chi connectivity index (χ0n) is 15.9. The van der Waals surface area contributed by atoms with Crippen LogP contribution in [-0.2, 0) is 6.54 Å². The Morgan fingerprint density at radius 2 is 2.19 bits per heavy atom. The number of anilines is 1. The van der Waals surface area contributed by atoms with Crippen molar-refractivity contribution in [3.63, 3.8) is 0 Å². The molecule has 0 spiro atoms. The van der Waals surface area contributed by atoms with E-state index in [1.807, 2.05) is 37.4 Å². The summed E-state index contributed by atoms with van der Waals surface area (Å²) >= 11 is 0. The predicted molar refractivity (Wildman–Crippen MR) is 106 cm³/mol. The third-order valence-corrected chi connectivity index (χ3v) is 5.16. The van der Waals surface area contributed by atoms with Gasteiger partial charge in [-0.05, 0) is 43.5 Å².